The summed E-state index contributed by atoms with van der Waals surface area (Å²) in [7, 11) is 0. The van der Waals surface area contributed by atoms with Crippen molar-refractivity contribution in [1.82, 2.24) is 4.57 Å². The van der Waals surface area contributed by atoms with Crippen molar-refractivity contribution in [1.29, 1.82) is 0 Å². The SMILES string of the molecule is Cc1c(C(=O)c2ccccc2)c2ccccc2n1CCCCCCCCCO. The topological polar surface area (TPSA) is 42.2 Å². The highest BCUT2D eigenvalue weighted by Gasteiger charge is 2.20. The van der Waals surface area contributed by atoms with Crippen LogP contribution in [-0.2, 0) is 6.54 Å². The van der Waals surface area contributed by atoms with Crippen LogP contribution in [0.3, 0.4) is 0 Å². The Balaban J connectivity index is 1.71. The van der Waals surface area contributed by atoms with Crippen molar-refractivity contribution in [3.05, 3.63) is 71.4 Å². The van der Waals surface area contributed by atoms with E-state index in [2.05, 4.69) is 29.7 Å². The van der Waals surface area contributed by atoms with E-state index in [-0.39, 0.29) is 5.78 Å². The van der Waals surface area contributed by atoms with E-state index in [0.29, 0.717) is 6.61 Å². The third kappa shape index (κ3) is 4.71. The minimum absolute atomic E-state index is 0.108. The van der Waals surface area contributed by atoms with Gasteiger partial charge >= 0.3 is 0 Å². The van der Waals surface area contributed by atoms with E-state index < -0.39 is 0 Å². The Bertz CT molecular complexity index is 896. The van der Waals surface area contributed by atoms with Crippen LogP contribution in [0.15, 0.2) is 54.6 Å². The summed E-state index contributed by atoms with van der Waals surface area (Å²) in [5.41, 5.74) is 3.81. The lowest BCUT2D eigenvalue weighted by molar-refractivity contribution is 0.103. The Labute approximate surface area is 168 Å². The van der Waals surface area contributed by atoms with Gasteiger partial charge in [-0.25, -0.2) is 0 Å². The van der Waals surface area contributed by atoms with Crippen molar-refractivity contribution in [2.45, 2.75) is 58.4 Å². The zero-order valence-electron chi connectivity index (χ0n) is 16.9. The van der Waals surface area contributed by atoms with Gasteiger partial charge < -0.3 is 9.67 Å². The number of unbranched alkanes of at least 4 members (excludes halogenated alkanes) is 6. The van der Waals surface area contributed by atoms with Crippen molar-refractivity contribution >= 4 is 16.7 Å². The Morgan fingerprint density at radius 2 is 1.43 bits per heavy atom. The first-order valence-corrected chi connectivity index (χ1v) is 10.5. The number of carbonyl (C=O) groups excluding carboxylic acids is 1. The number of aliphatic hydroxyl groups excluding tert-OH is 1. The van der Waals surface area contributed by atoms with Crippen LogP contribution in [0.2, 0.25) is 0 Å². The van der Waals surface area contributed by atoms with E-state index in [1.807, 2.05) is 36.4 Å². The van der Waals surface area contributed by atoms with Gasteiger partial charge in [0, 0.05) is 35.3 Å². The zero-order chi connectivity index (χ0) is 19.8. The largest absolute Gasteiger partial charge is 0.396 e. The fourth-order valence-corrected chi connectivity index (χ4v) is 4.01. The van der Waals surface area contributed by atoms with Gasteiger partial charge in [-0.3, -0.25) is 4.79 Å². The van der Waals surface area contributed by atoms with E-state index in [1.165, 1.54) is 25.7 Å². The van der Waals surface area contributed by atoms with Gasteiger partial charge in [-0.15, -0.1) is 0 Å². The van der Waals surface area contributed by atoms with Crippen molar-refractivity contribution in [3.8, 4) is 0 Å². The van der Waals surface area contributed by atoms with Crippen LogP contribution < -0.4 is 0 Å². The van der Waals surface area contributed by atoms with Crippen LogP contribution in [0, 0.1) is 6.92 Å². The number of aromatic nitrogens is 1. The Morgan fingerprint density at radius 3 is 2.14 bits per heavy atom. The van der Waals surface area contributed by atoms with Crippen LogP contribution >= 0.6 is 0 Å². The fourth-order valence-electron chi connectivity index (χ4n) is 4.01. The molecule has 1 N–H and O–H groups in total. The summed E-state index contributed by atoms with van der Waals surface area (Å²) < 4.78 is 2.32. The third-order valence-corrected chi connectivity index (χ3v) is 5.53. The number of aliphatic hydroxyl groups is 1. The van der Waals surface area contributed by atoms with Crippen LogP contribution in [0.1, 0.15) is 66.6 Å². The zero-order valence-corrected chi connectivity index (χ0v) is 16.9. The Morgan fingerprint density at radius 1 is 0.821 bits per heavy atom. The summed E-state index contributed by atoms with van der Waals surface area (Å²) in [6.07, 6.45) is 8.06. The Hall–Kier alpha value is -2.39. The number of benzene rings is 2. The lowest BCUT2D eigenvalue weighted by Crippen LogP contribution is -2.05. The van der Waals surface area contributed by atoms with Gasteiger partial charge in [-0.1, -0.05) is 80.6 Å². The second-order valence-corrected chi connectivity index (χ2v) is 7.52. The maximum absolute atomic E-state index is 13.2. The molecular weight excluding hydrogens is 346 g/mol. The maximum Gasteiger partial charge on any atom is 0.195 e. The summed E-state index contributed by atoms with van der Waals surface area (Å²) in [6.45, 7) is 3.33. The molecule has 148 valence electrons. The molecule has 1 aromatic heterocycles. The lowest BCUT2D eigenvalue weighted by Gasteiger charge is -2.09. The molecule has 0 saturated carbocycles. The molecule has 3 aromatic rings. The molecule has 0 radical (unpaired) electrons. The Kier molecular flexibility index (Phi) is 7.44. The number of para-hydroxylation sites is 1. The molecule has 0 aliphatic carbocycles. The van der Waals surface area contributed by atoms with Crippen LogP contribution in [0.25, 0.3) is 10.9 Å². The molecule has 0 bridgehead atoms. The molecule has 3 nitrogen and oxygen atoms in total. The molecule has 0 spiro atoms. The standard InChI is InChI=1S/C25H31NO2/c1-20-24(25(28)21-14-8-7-9-15-21)22-16-10-11-17-23(22)26(20)18-12-5-3-2-4-6-13-19-27/h7-11,14-17,27H,2-6,12-13,18-19H2,1H3. The van der Waals surface area contributed by atoms with Crippen molar-refractivity contribution in [2.24, 2.45) is 0 Å². The molecule has 3 rings (SSSR count). The number of carbonyl (C=O) groups is 1. The molecule has 3 heteroatoms. The predicted octanol–water partition coefficient (Wildman–Crippen LogP) is 5.90. The second-order valence-electron chi connectivity index (χ2n) is 7.52. The number of hydrogen-bond acceptors (Lipinski definition) is 2. The van der Waals surface area contributed by atoms with Gasteiger partial charge in [0.1, 0.15) is 0 Å². The number of hydrogen-bond donors (Lipinski definition) is 1. The molecule has 0 saturated heterocycles. The van der Waals surface area contributed by atoms with Gasteiger partial charge in [0.2, 0.25) is 0 Å². The predicted molar refractivity (Wildman–Crippen MR) is 116 cm³/mol. The van der Waals surface area contributed by atoms with Crippen molar-refractivity contribution in [2.75, 3.05) is 6.61 Å². The smallest absolute Gasteiger partial charge is 0.195 e. The summed E-state index contributed by atoms with van der Waals surface area (Å²) >= 11 is 0. The quantitative estimate of drug-likeness (QED) is 0.334. The first kappa shape index (κ1) is 20.3. The third-order valence-electron chi connectivity index (χ3n) is 5.53. The van der Waals surface area contributed by atoms with Gasteiger partial charge in [-0.2, -0.15) is 0 Å². The monoisotopic (exact) mass is 377 g/mol. The van der Waals surface area contributed by atoms with Gasteiger partial charge in [0.05, 0.1) is 5.56 Å². The second kappa shape index (κ2) is 10.2. The normalized spacial score (nSPS) is 11.2. The number of fused-ring (bicyclic) bond motifs is 1. The molecule has 0 amide bonds. The molecule has 0 unspecified atom stereocenters. The summed E-state index contributed by atoms with van der Waals surface area (Å²) in [5, 5.41) is 9.89. The van der Waals surface area contributed by atoms with E-state index in [0.717, 1.165) is 53.5 Å². The van der Waals surface area contributed by atoms with Crippen molar-refractivity contribution < 1.29 is 9.90 Å². The van der Waals surface area contributed by atoms with Crippen LogP contribution in [-0.4, -0.2) is 22.1 Å². The maximum atomic E-state index is 13.2. The molecule has 0 atom stereocenters. The van der Waals surface area contributed by atoms with Gasteiger partial charge in [0.25, 0.3) is 0 Å². The summed E-state index contributed by atoms with van der Waals surface area (Å²) in [4.78, 5) is 13.2. The van der Waals surface area contributed by atoms with Crippen molar-refractivity contribution in [3.63, 3.8) is 0 Å². The number of ketones is 1. The number of rotatable bonds is 11. The fraction of sp³-hybridized carbons (Fsp3) is 0.400. The molecule has 28 heavy (non-hydrogen) atoms. The first-order valence-electron chi connectivity index (χ1n) is 10.5. The minimum atomic E-state index is 0.108. The minimum Gasteiger partial charge on any atom is -0.396 e. The van der Waals surface area contributed by atoms with Crippen LogP contribution in [0.5, 0.6) is 0 Å². The highest BCUT2D eigenvalue weighted by Crippen LogP contribution is 2.28. The highest BCUT2D eigenvalue weighted by molar-refractivity contribution is 6.17. The molecule has 0 fully saturated rings. The van der Waals surface area contributed by atoms with E-state index >= 15 is 0 Å². The number of nitrogens with zero attached hydrogens (tertiary/aromatic N) is 1. The number of aryl methyl sites for hydroxylation is 1. The average Bonchev–Trinajstić information content (AvgIpc) is 3.01. The molecular formula is C25H31NO2. The highest BCUT2D eigenvalue weighted by atomic mass is 16.2. The molecule has 2 aromatic carbocycles. The van der Waals surface area contributed by atoms with E-state index in [1.54, 1.807) is 0 Å². The van der Waals surface area contributed by atoms with E-state index in [9.17, 15) is 4.79 Å². The van der Waals surface area contributed by atoms with Gasteiger partial charge in [-0.05, 0) is 25.8 Å². The van der Waals surface area contributed by atoms with Crippen LogP contribution in [0.4, 0.5) is 0 Å². The molecule has 0 aliphatic rings. The first-order chi connectivity index (χ1) is 13.7. The molecule has 0 aliphatic heterocycles. The van der Waals surface area contributed by atoms with Gasteiger partial charge in [0.15, 0.2) is 5.78 Å². The molecule has 1 heterocycles. The average molecular weight is 378 g/mol. The summed E-state index contributed by atoms with van der Waals surface area (Å²) in [6, 6.07) is 17.8. The van der Waals surface area contributed by atoms with E-state index in [4.69, 9.17) is 5.11 Å². The summed E-state index contributed by atoms with van der Waals surface area (Å²) in [5.74, 6) is 0.108. The lowest BCUT2D eigenvalue weighted by atomic mass is 10.0.